The zero-order chi connectivity index (χ0) is 21.7. The first kappa shape index (κ1) is 33.7. The van der Waals surface area contributed by atoms with Gasteiger partial charge in [0.05, 0.1) is 11.9 Å². The van der Waals surface area contributed by atoms with E-state index in [9.17, 15) is 4.79 Å². The predicted molar refractivity (Wildman–Crippen MR) is 99.8 cm³/mol. The molecule has 1 unspecified atom stereocenters. The summed E-state index contributed by atoms with van der Waals surface area (Å²) in [5, 5.41) is 0. The number of carbonyl (C=O) groups excluding carboxylic acids is 1. The largest absolute Gasteiger partial charge is 2.00 e. The second kappa shape index (κ2) is 23.2. The molecular formula is C20H25FeO6Si+. The summed E-state index contributed by atoms with van der Waals surface area (Å²) in [5.74, 6) is 1.04. The van der Waals surface area contributed by atoms with E-state index in [2.05, 4.69) is 39.6 Å². The van der Waals surface area contributed by atoms with E-state index in [-0.39, 0.29) is 23.2 Å². The average molecular weight is 445 g/mol. The van der Waals surface area contributed by atoms with Gasteiger partial charge < -0.3 is 14.0 Å². The molecular weight excluding hydrogens is 420 g/mol. The van der Waals surface area contributed by atoms with Crippen molar-refractivity contribution in [1.82, 2.24) is 0 Å². The second-order valence-electron chi connectivity index (χ2n) is 5.96. The number of hydrogen-bond acceptors (Lipinski definition) is 3. The van der Waals surface area contributed by atoms with Crippen molar-refractivity contribution in [3.05, 3.63) is 67.7 Å². The Kier molecular flexibility index (Phi) is 28.0. The van der Waals surface area contributed by atoms with Crippen molar-refractivity contribution in [3.63, 3.8) is 0 Å². The molecule has 1 aromatic carbocycles. The fraction of sp³-hybridized carbons (Fsp3) is 0.400. The Labute approximate surface area is 179 Å². The van der Waals surface area contributed by atoms with E-state index >= 15 is 0 Å². The van der Waals surface area contributed by atoms with Crippen LogP contribution in [0.2, 0.25) is 19.6 Å². The molecule has 0 saturated carbocycles. The average Bonchev–Trinajstić information content (AvgIpc) is 2.71. The van der Waals surface area contributed by atoms with Gasteiger partial charge in [0.2, 0.25) is 8.32 Å². The van der Waals surface area contributed by atoms with Crippen molar-refractivity contribution in [2.24, 2.45) is 0 Å². The summed E-state index contributed by atoms with van der Waals surface area (Å²) in [7, 11) is -1.56. The number of rotatable bonds is 9. The minimum atomic E-state index is -1.56. The molecule has 0 amide bonds. The number of allylic oxidation sites excluding steroid dienone is 2. The first-order valence-electron chi connectivity index (χ1n) is 7.99. The van der Waals surface area contributed by atoms with Crippen molar-refractivity contribution in [2.45, 2.75) is 51.9 Å². The fourth-order valence-corrected chi connectivity index (χ4v) is 3.14. The Morgan fingerprint density at radius 2 is 1.61 bits per heavy atom. The van der Waals surface area contributed by atoms with Crippen LogP contribution >= 0.6 is 0 Å². The molecule has 1 aromatic rings. The van der Waals surface area contributed by atoms with Gasteiger partial charge in [0.25, 0.3) is 0 Å². The molecule has 0 aliphatic carbocycles. The van der Waals surface area contributed by atoms with Gasteiger partial charge in [-0.3, -0.25) is 0 Å². The Bertz CT molecular complexity index is 562. The van der Waals surface area contributed by atoms with Crippen molar-refractivity contribution in [2.75, 3.05) is 0 Å². The zero-order valence-corrected chi connectivity index (χ0v) is 18.6. The minimum absolute atomic E-state index is 0. The van der Waals surface area contributed by atoms with Gasteiger partial charge in [0.15, 0.2) is 0 Å². The molecule has 0 radical (unpaired) electrons. The zero-order valence-electron chi connectivity index (χ0n) is 16.5. The molecule has 28 heavy (non-hydrogen) atoms. The summed E-state index contributed by atoms with van der Waals surface area (Å²) in [6, 6.07) is 9.78. The number of ether oxygens (including phenoxy) is 1. The van der Waals surface area contributed by atoms with E-state index in [4.69, 9.17) is 23.1 Å². The molecule has 0 aliphatic rings. The van der Waals surface area contributed by atoms with E-state index in [1.165, 1.54) is 0 Å². The molecule has 0 aliphatic heterocycles. The predicted octanol–water partition coefficient (Wildman–Crippen LogP) is 4.62. The van der Waals surface area contributed by atoms with Gasteiger partial charge >= 0.3 is 51.0 Å². The van der Waals surface area contributed by atoms with Crippen molar-refractivity contribution in [3.8, 4) is 0 Å². The van der Waals surface area contributed by atoms with E-state index in [1.54, 1.807) is 6.47 Å². The molecule has 6 nitrogen and oxygen atoms in total. The summed E-state index contributed by atoms with van der Waals surface area (Å²) in [5.41, 5.74) is 1.01. The third-order valence-electron chi connectivity index (χ3n) is 3.01. The summed E-state index contributed by atoms with van der Waals surface area (Å²) >= 11 is 0. The molecule has 0 fully saturated rings. The monoisotopic (exact) mass is 445 g/mol. The van der Waals surface area contributed by atoms with Crippen LogP contribution in [0.15, 0.2) is 42.2 Å². The van der Waals surface area contributed by atoms with Crippen LogP contribution in [-0.2, 0) is 45.0 Å². The molecule has 0 heterocycles. The van der Waals surface area contributed by atoms with Crippen LogP contribution < -0.4 is 0 Å². The summed E-state index contributed by atoms with van der Waals surface area (Å²) in [6.45, 7) is 23.6. The normalized spacial score (nSPS) is 10.4. The third kappa shape index (κ3) is 19.0. The second-order valence-corrected chi connectivity index (χ2v) is 10.4. The molecule has 0 bridgehead atoms. The van der Waals surface area contributed by atoms with Crippen LogP contribution in [0.1, 0.15) is 37.9 Å². The maximum absolute atomic E-state index is 10.6. The van der Waals surface area contributed by atoms with E-state index in [0.717, 1.165) is 30.6 Å². The van der Waals surface area contributed by atoms with Crippen LogP contribution in [-0.4, -0.2) is 14.8 Å². The standard InChI is InChI=1S/C17H25O3Si.3CO.Fe/c1-5-16(20-21(2,3)4)12-9-13-17(19-14-18)15-10-7-6-8-11-15;3*1-2;/h5-8,10-11,17H,9,12-13H2,1-4H3;;;;/q-1;;;;+2/b16-5+;;;;. The molecule has 1 atom stereocenters. The molecule has 0 saturated heterocycles. The van der Waals surface area contributed by atoms with Crippen LogP contribution in [0.25, 0.3) is 0 Å². The van der Waals surface area contributed by atoms with Crippen LogP contribution in [0.3, 0.4) is 0 Å². The SMILES string of the molecule is C/C=C(\CCCC(O[C-]=O)c1ccccc1)O[Si](C)(C)C.[C-]#[O+].[C-]#[O+].[C-]#[O+].[Fe+2]. The maximum atomic E-state index is 10.6. The molecule has 1 rings (SSSR count). The Morgan fingerprint density at radius 1 is 1.11 bits per heavy atom. The molecule has 0 spiro atoms. The molecule has 0 N–H and O–H groups in total. The summed E-state index contributed by atoms with van der Waals surface area (Å²) in [4.78, 5) is 10.6. The quantitative estimate of drug-likeness (QED) is 0.240. The van der Waals surface area contributed by atoms with Crippen LogP contribution in [0.5, 0.6) is 0 Å². The Hall–Kier alpha value is -1.81. The Morgan fingerprint density at radius 3 is 2.00 bits per heavy atom. The van der Waals surface area contributed by atoms with Crippen molar-refractivity contribution >= 4 is 14.8 Å². The van der Waals surface area contributed by atoms with Crippen LogP contribution in [0, 0.1) is 20.0 Å². The molecule has 152 valence electrons. The molecule has 0 aromatic heterocycles. The number of benzene rings is 1. The maximum Gasteiger partial charge on any atom is 2.00 e. The van der Waals surface area contributed by atoms with Crippen molar-refractivity contribution in [1.29, 1.82) is 0 Å². The van der Waals surface area contributed by atoms with E-state index in [1.807, 2.05) is 43.3 Å². The van der Waals surface area contributed by atoms with Gasteiger partial charge in [-0.2, -0.15) is 0 Å². The van der Waals surface area contributed by atoms with Gasteiger partial charge in [-0.15, -0.1) is 0 Å². The van der Waals surface area contributed by atoms with Gasteiger partial charge in [-0.25, -0.2) is 0 Å². The van der Waals surface area contributed by atoms with Gasteiger partial charge in [0, 0.05) is 6.42 Å². The van der Waals surface area contributed by atoms with Gasteiger partial charge in [-0.05, 0) is 45.0 Å². The Balaban J connectivity index is -0.000000374. The van der Waals surface area contributed by atoms with E-state index in [0.29, 0.717) is 0 Å². The van der Waals surface area contributed by atoms with E-state index < -0.39 is 8.32 Å². The topological polar surface area (TPSA) is 95.2 Å². The first-order valence-corrected chi connectivity index (χ1v) is 11.4. The van der Waals surface area contributed by atoms with Gasteiger partial charge in [-0.1, -0.05) is 42.9 Å². The molecule has 8 heteroatoms. The number of hydrogen-bond donors (Lipinski definition) is 0. The smallest absolute Gasteiger partial charge is 2.00 e. The summed E-state index contributed by atoms with van der Waals surface area (Å²) in [6.07, 6.45) is 4.35. The van der Waals surface area contributed by atoms with Crippen LogP contribution in [0.4, 0.5) is 0 Å². The van der Waals surface area contributed by atoms with Gasteiger partial charge in [0.1, 0.15) is 0 Å². The summed E-state index contributed by atoms with van der Waals surface area (Å²) < 4.78 is 33.6. The first-order chi connectivity index (χ1) is 13.0. The fourth-order valence-electron chi connectivity index (χ4n) is 2.13. The minimum Gasteiger partial charge on any atom is 2.00 e. The van der Waals surface area contributed by atoms with Crippen molar-refractivity contribution < 1.29 is 45.0 Å². The third-order valence-corrected chi connectivity index (χ3v) is 3.89.